The molecule has 2 aromatic carbocycles. The zero-order valence-corrected chi connectivity index (χ0v) is 11.8. The zero-order chi connectivity index (χ0) is 14.3. The maximum Gasteiger partial charge on any atom is 0.141 e. The second-order valence-electron chi connectivity index (χ2n) is 4.89. The Morgan fingerprint density at radius 1 is 1.20 bits per heavy atom. The number of hydrogen-bond donors (Lipinski definition) is 1. The molecule has 0 aliphatic heterocycles. The quantitative estimate of drug-likeness (QED) is 0.726. The molecule has 0 aliphatic carbocycles. The Balaban J connectivity index is 2.22. The number of fused-ring (bicyclic) bond motifs is 1. The highest BCUT2D eigenvalue weighted by Crippen LogP contribution is 2.30. The molecule has 4 heteroatoms. The maximum atomic E-state index is 5.98. The van der Waals surface area contributed by atoms with Crippen LogP contribution in [0, 0.1) is 6.92 Å². The van der Waals surface area contributed by atoms with Crippen LogP contribution in [0.15, 0.2) is 36.4 Å². The van der Waals surface area contributed by atoms with E-state index in [1.165, 1.54) is 5.56 Å². The number of anilines is 1. The highest BCUT2D eigenvalue weighted by molar-refractivity contribution is 5.84. The van der Waals surface area contributed by atoms with Gasteiger partial charge in [-0.25, -0.2) is 4.98 Å². The van der Waals surface area contributed by atoms with Crippen molar-refractivity contribution in [2.75, 3.05) is 12.8 Å². The second kappa shape index (κ2) is 4.56. The number of benzene rings is 2. The molecule has 0 radical (unpaired) electrons. The third kappa shape index (κ3) is 1.81. The summed E-state index contributed by atoms with van der Waals surface area (Å²) < 4.78 is 7.30. The monoisotopic (exact) mass is 267 g/mol. The molecule has 0 aliphatic rings. The van der Waals surface area contributed by atoms with Crippen molar-refractivity contribution >= 4 is 16.7 Å². The fraction of sp³-hybridized carbons (Fsp3) is 0.188. The largest absolute Gasteiger partial charge is 0.495 e. The van der Waals surface area contributed by atoms with Gasteiger partial charge in [0.25, 0.3) is 0 Å². The van der Waals surface area contributed by atoms with Crippen LogP contribution in [0.5, 0.6) is 5.75 Å². The molecule has 0 amide bonds. The molecule has 102 valence electrons. The van der Waals surface area contributed by atoms with E-state index in [1.54, 1.807) is 7.11 Å². The number of nitrogens with two attached hydrogens (primary N) is 1. The summed E-state index contributed by atoms with van der Waals surface area (Å²) in [6.45, 7) is 2.09. The van der Waals surface area contributed by atoms with Gasteiger partial charge in [0.1, 0.15) is 11.6 Å². The summed E-state index contributed by atoms with van der Waals surface area (Å²) in [7, 11) is 3.64. The van der Waals surface area contributed by atoms with Crippen molar-refractivity contribution in [3.63, 3.8) is 0 Å². The minimum Gasteiger partial charge on any atom is -0.495 e. The molecular weight excluding hydrogens is 250 g/mol. The lowest BCUT2D eigenvalue weighted by atomic mass is 10.1. The van der Waals surface area contributed by atoms with E-state index in [-0.39, 0.29) is 0 Å². The molecule has 0 fully saturated rings. The number of nitrogen functional groups attached to an aromatic ring is 1. The Morgan fingerprint density at radius 2 is 2.00 bits per heavy atom. The van der Waals surface area contributed by atoms with Crippen molar-refractivity contribution < 1.29 is 4.74 Å². The number of nitrogens with zero attached hydrogens (tertiary/aromatic N) is 2. The number of para-hydroxylation sites is 1. The molecule has 1 heterocycles. The van der Waals surface area contributed by atoms with E-state index in [2.05, 4.69) is 17.6 Å². The van der Waals surface area contributed by atoms with E-state index in [1.807, 2.05) is 37.4 Å². The van der Waals surface area contributed by atoms with Gasteiger partial charge in [0.15, 0.2) is 0 Å². The fourth-order valence-corrected chi connectivity index (χ4v) is 2.60. The van der Waals surface area contributed by atoms with Crippen LogP contribution < -0.4 is 10.5 Å². The lowest BCUT2D eigenvalue weighted by Crippen LogP contribution is -1.96. The van der Waals surface area contributed by atoms with E-state index in [9.17, 15) is 0 Å². The Hall–Kier alpha value is -2.49. The molecule has 3 rings (SSSR count). The van der Waals surface area contributed by atoms with Crippen molar-refractivity contribution in [1.29, 1.82) is 0 Å². The van der Waals surface area contributed by atoms with Crippen molar-refractivity contribution in [3.05, 3.63) is 42.0 Å². The molecule has 4 nitrogen and oxygen atoms in total. The highest BCUT2D eigenvalue weighted by Gasteiger charge is 2.12. The first-order chi connectivity index (χ1) is 9.61. The lowest BCUT2D eigenvalue weighted by Gasteiger charge is -2.07. The van der Waals surface area contributed by atoms with Gasteiger partial charge in [-0.3, -0.25) is 0 Å². The molecule has 0 saturated carbocycles. The van der Waals surface area contributed by atoms with Crippen molar-refractivity contribution in [1.82, 2.24) is 9.55 Å². The van der Waals surface area contributed by atoms with E-state index in [0.29, 0.717) is 11.4 Å². The number of aromatic nitrogens is 2. The number of hydrogen-bond acceptors (Lipinski definition) is 3. The topological polar surface area (TPSA) is 53.1 Å². The van der Waals surface area contributed by atoms with Crippen molar-refractivity contribution in [3.8, 4) is 17.1 Å². The van der Waals surface area contributed by atoms with Crippen LogP contribution in [0.4, 0.5) is 5.69 Å². The van der Waals surface area contributed by atoms with Gasteiger partial charge < -0.3 is 15.0 Å². The number of imidazole rings is 1. The van der Waals surface area contributed by atoms with Gasteiger partial charge in [-0.1, -0.05) is 12.1 Å². The van der Waals surface area contributed by atoms with E-state index < -0.39 is 0 Å². The number of ether oxygens (including phenoxy) is 1. The van der Waals surface area contributed by atoms with E-state index >= 15 is 0 Å². The number of methoxy groups -OCH3 is 1. The fourth-order valence-electron chi connectivity index (χ4n) is 2.60. The Bertz CT molecular complexity index is 790. The number of rotatable bonds is 2. The minimum atomic E-state index is 0.619. The van der Waals surface area contributed by atoms with Gasteiger partial charge in [0, 0.05) is 12.6 Å². The molecule has 1 aromatic heterocycles. The smallest absolute Gasteiger partial charge is 0.141 e. The van der Waals surface area contributed by atoms with Gasteiger partial charge in [-0.15, -0.1) is 0 Å². The van der Waals surface area contributed by atoms with E-state index in [0.717, 1.165) is 22.4 Å². The summed E-state index contributed by atoms with van der Waals surface area (Å²) in [6, 6.07) is 11.9. The van der Waals surface area contributed by atoms with Crippen molar-refractivity contribution in [2.24, 2.45) is 7.05 Å². The molecule has 0 atom stereocenters. The minimum absolute atomic E-state index is 0.619. The second-order valence-corrected chi connectivity index (χ2v) is 4.89. The maximum absolute atomic E-state index is 5.98. The number of aryl methyl sites for hydroxylation is 2. The summed E-state index contributed by atoms with van der Waals surface area (Å²) in [4.78, 5) is 4.71. The van der Waals surface area contributed by atoms with Crippen molar-refractivity contribution in [2.45, 2.75) is 6.92 Å². The standard InChI is InChI=1S/C16H17N3O/c1-10-5-4-6-13-15(10)19(2)16(18-13)11-7-8-14(20-3)12(17)9-11/h4-9H,17H2,1-3H3. The lowest BCUT2D eigenvalue weighted by molar-refractivity contribution is 0.417. The predicted molar refractivity (Wildman–Crippen MR) is 81.9 cm³/mol. The average Bonchev–Trinajstić information content (AvgIpc) is 2.77. The molecule has 0 saturated heterocycles. The first kappa shape index (κ1) is 12.5. The Morgan fingerprint density at radius 3 is 2.65 bits per heavy atom. The van der Waals surface area contributed by atoms with Gasteiger partial charge in [-0.05, 0) is 36.8 Å². The summed E-state index contributed by atoms with van der Waals surface area (Å²) in [5.74, 6) is 1.59. The first-order valence-corrected chi connectivity index (χ1v) is 6.47. The normalized spacial score (nSPS) is 10.9. The third-order valence-corrected chi connectivity index (χ3v) is 3.58. The molecular formula is C16H17N3O. The predicted octanol–water partition coefficient (Wildman–Crippen LogP) is 3.14. The average molecular weight is 267 g/mol. The van der Waals surface area contributed by atoms with Crippen LogP contribution in [0.1, 0.15) is 5.56 Å². The zero-order valence-electron chi connectivity index (χ0n) is 11.8. The molecule has 0 spiro atoms. The van der Waals surface area contributed by atoms with Crippen LogP contribution in [0.3, 0.4) is 0 Å². The summed E-state index contributed by atoms with van der Waals surface area (Å²) >= 11 is 0. The van der Waals surface area contributed by atoms with Crippen LogP contribution in [-0.4, -0.2) is 16.7 Å². The summed E-state index contributed by atoms with van der Waals surface area (Å²) in [5, 5.41) is 0. The van der Waals surface area contributed by atoms with Gasteiger partial charge in [0.2, 0.25) is 0 Å². The van der Waals surface area contributed by atoms with E-state index in [4.69, 9.17) is 15.5 Å². The molecule has 20 heavy (non-hydrogen) atoms. The van der Waals surface area contributed by atoms with Crippen LogP contribution in [0.25, 0.3) is 22.4 Å². The van der Waals surface area contributed by atoms with Gasteiger partial charge in [-0.2, -0.15) is 0 Å². The van der Waals surface area contributed by atoms with Crippen LogP contribution in [-0.2, 0) is 7.05 Å². The summed E-state index contributed by atoms with van der Waals surface area (Å²) in [6.07, 6.45) is 0. The first-order valence-electron chi connectivity index (χ1n) is 6.47. The van der Waals surface area contributed by atoms with Crippen LogP contribution >= 0.6 is 0 Å². The summed E-state index contributed by atoms with van der Waals surface area (Å²) in [5.41, 5.74) is 10.9. The SMILES string of the molecule is COc1ccc(-c2nc3cccc(C)c3n2C)cc1N. The Kier molecular flexibility index (Phi) is 2.86. The van der Waals surface area contributed by atoms with Gasteiger partial charge in [0.05, 0.1) is 23.8 Å². The van der Waals surface area contributed by atoms with Crippen LogP contribution in [0.2, 0.25) is 0 Å². The molecule has 0 unspecified atom stereocenters. The molecule has 0 bridgehead atoms. The highest BCUT2D eigenvalue weighted by atomic mass is 16.5. The molecule has 3 aromatic rings. The third-order valence-electron chi connectivity index (χ3n) is 3.58. The Labute approximate surface area is 117 Å². The molecule has 2 N–H and O–H groups in total. The van der Waals surface area contributed by atoms with Gasteiger partial charge >= 0.3 is 0 Å².